The number of hydrogen-bond donors (Lipinski definition) is 1. The fourth-order valence-corrected chi connectivity index (χ4v) is 1.97. The Kier molecular flexibility index (Phi) is 3.38. The molecule has 0 saturated carbocycles. The molecule has 2 heterocycles. The van der Waals surface area contributed by atoms with Gasteiger partial charge in [-0.2, -0.15) is 4.80 Å². The first-order valence-corrected chi connectivity index (χ1v) is 6.24. The molecular weight excluding hydrogens is 262 g/mol. The predicted molar refractivity (Wildman–Crippen MR) is 68.5 cm³/mol. The normalized spacial score (nSPS) is 12.7. The fourth-order valence-electron chi connectivity index (χ4n) is 1.97. The summed E-state index contributed by atoms with van der Waals surface area (Å²) in [7, 11) is 1.71. The van der Waals surface area contributed by atoms with Crippen LogP contribution in [0.2, 0.25) is 0 Å². The SMILES string of the molecule is Cn1nnc(COc2cc3c(cc2CCN)OCO3)n1. The topological polar surface area (TPSA) is 97.3 Å². The van der Waals surface area contributed by atoms with Gasteiger partial charge in [0, 0.05) is 6.07 Å². The van der Waals surface area contributed by atoms with Crippen LogP contribution < -0.4 is 19.9 Å². The van der Waals surface area contributed by atoms with Gasteiger partial charge in [-0.25, -0.2) is 0 Å². The summed E-state index contributed by atoms with van der Waals surface area (Å²) in [5, 5.41) is 11.7. The van der Waals surface area contributed by atoms with E-state index in [9.17, 15) is 0 Å². The summed E-state index contributed by atoms with van der Waals surface area (Å²) in [5.41, 5.74) is 6.59. The molecule has 8 heteroatoms. The summed E-state index contributed by atoms with van der Waals surface area (Å²) in [6.45, 7) is 0.997. The van der Waals surface area contributed by atoms with Crippen molar-refractivity contribution in [3.8, 4) is 17.2 Å². The zero-order valence-electron chi connectivity index (χ0n) is 11.1. The second-order valence-corrected chi connectivity index (χ2v) is 4.34. The standard InChI is InChI=1S/C12H15N5O3/c1-17-15-12(14-16-17)6-18-9-5-11-10(19-7-20-11)4-8(9)2-3-13/h4-5H,2-3,6-7,13H2,1H3. The zero-order chi connectivity index (χ0) is 13.9. The van der Waals surface area contributed by atoms with Gasteiger partial charge in [-0.15, -0.1) is 10.2 Å². The monoisotopic (exact) mass is 277 g/mol. The quantitative estimate of drug-likeness (QED) is 0.822. The van der Waals surface area contributed by atoms with Crippen LogP contribution >= 0.6 is 0 Å². The van der Waals surface area contributed by atoms with Crippen LogP contribution in [-0.2, 0) is 20.1 Å². The smallest absolute Gasteiger partial charge is 0.231 e. The lowest BCUT2D eigenvalue weighted by molar-refractivity contribution is 0.173. The number of aromatic nitrogens is 4. The Morgan fingerprint density at radius 1 is 1.35 bits per heavy atom. The molecule has 0 saturated heterocycles. The minimum atomic E-state index is 0.229. The molecule has 0 bridgehead atoms. The van der Waals surface area contributed by atoms with Crippen molar-refractivity contribution in [2.24, 2.45) is 12.8 Å². The van der Waals surface area contributed by atoms with E-state index in [4.69, 9.17) is 19.9 Å². The van der Waals surface area contributed by atoms with Gasteiger partial charge in [-0.3, -0.25) is 0 Å². The Hall–Kier alpha value is -2.35. The molecule has 0 atom stereocenters. The summed E-state index contributed by atoms with van der Waals surface area (Å²) < 4.78 is 16.4. The van der Waals surface area contributed by atoms with E-state index >= 15 is 0 Å². The Bertz CT molecular complexity index is 613. The van der Waals surface area contributed by atoms with Crippen LogP contribution in [0.15, 0.2) is 12.1 Å². The van der Waals surface area contributed by atoms with Gasteiger partial charge in [0.05, 0.1) is 7.05 Å². The van der Waals surface area contributed by atoms with Crippen LogP contribution in [-0.4, -0.2) is 33.5 Å². The minimum Gasteiger partial charge on any atom is -0.485 e. The maximum absolute atomic E-state index is 5.74. The van der Waals surface area contributed by atoms with Crippen LogP contribution in [0, 0.1) is 0 Å². The average molecular weight is 277 g/mol. The lowest BCUT2D eigenvalue weighted by atomic mass is 10.1. The molecule has 20 heavy (non-hydrogen) atoms. The van der Waals surface area contributed by atoms with E-state index in [1.54, 1.807) is 7.05 Å². The van der Waals surface area contributed by atoms with E-state index < -0.39 is 0 Å². The predicted octanol–water partition coefficient (Wildman–Crippen LogP) is 0.0190. The van der Waals surface area contributed by atoms with Crippen molar-refractivity contribution in [2.75, 3.05) is 13.3 Å². The Balaban J connectivity index is 1.80. The van der Waals surface area contributed by atoms with Crippen molar-refractivity contribution >= 4 is 0 Å². The van der Waals surface area contributed by atoms with Gasteiger partial charge in [0.1, 0.15) is 5.75 Å². The molecule has 0 aliphatic carbocycles. The number of ether oxygens (including phenoxy) is 3. The van der Waals surface area contributed by atoms with Gasteiger partial charge in [-0.1, -0.05) is 0 Å². The van der Waals surface area contributed by atoms with Crippen LogP contribution in [0.3, 0.4) is 0 Å². The molecule has 1 aromatic carbocycles. The van der Waals surface area contributed by atoms with Gasteiger partial charge >= 0.3 is 0 Å². The van der Waals surface area contributed by atoms with Gasteiger partial charge in [0.25, 0.3) is 0 Å². The third-order valence-electron chi connectivity index (χ3n) is 2.88. The number of nitrogens with two attached hydrogens (primary N) is 1. The second-order valence-electron chi connectivity index (χ2n) is 4.34. The Morgan fingerprint density at radius 3 is 2.85 bits per heavy atom. The van der Waals surface area contributed by atoms with Crippen LogP contribution in [0.1, 0.15) is 11.4 Å². The highest BCUT2D eigenvalue weighted by Gasteiger charge is 2.18. The number of tetrazole rings is 1. The first-order valence-electron chi connectivity index (χ1n) is 6.24. The number of rotatable bonds is 5. The largest absolute Gasteiger partial charge is 0.485 e. The molecule has 1 aliphatic heterocycles. The van der Waals surface area contributed by atoms with Crippen LogP contribution in [0.25, 0.3) is 0 Å². The molecule has 2 N–H and O–H groups in total. The Morgan fingerprint density at radius 2 is 2.15 bits per heavy atom. The number of aryl methyl sites for hydroxylation is 1. The number of benzene rings is 1. The highest BCUT2D eigenvalue weighted by molar-refractivity contribution is 5.52. The van der Waals surface area contributed by atoms with E-state index in [0.29, 0.717) is 30.3 Å². The highest BCUT2D eigenvalue weighted by Crippen LogP contribution is 2.38. The molecule has 106 valence electrons. The first-order chi connectivity index (χ1) is 9.76. The lowest BCUT2D eigenvalue weighted by Gasteiger charge is -2.10. The number of hydrogen-bond acceptors (Lipinski definition) is 7. The van der Waals surface area contributed by atoms with E-state index in [-0.39, 0.29) is 13.4 Å². The van der Waals surface area contributed by atoms with E-state index in [2.05, 4.69) is 15.4 Å². The molecule has 0 unspecified atom stereocenters. The van der Waals surface area contributed by atoms with Crippen molar-refractivity contribution in [3.05, 3.63) is 23.5 Å². The lowest BCUT2D eigenvalue weighted by Crippen LogP contribution is -2.06. The molecule has 3 rings (SSSR count). The molecule has 8 nitrogen and oxygen atoms in total. The van der Waals surface area contributed by atoms with Crippen molar-refractivity contribution in [2.45, 2.75) is 13.0 Å². The second kappa shape index (κ2) is 5.33. The number of nitrogens with zero attached hydrogens (tertiary/aromatic N) is 4. The third kappa shape index (κ3) is 2.50. The van der Waals surface area contributed by atoms with Gasteiger partial charge in [0.2, 0.25) is 12.6 Å². The van der Waals surface area contributed by atoms with E-state index in [1.807, 2.05) is 12.1 Å². The molecule has 2 aromatic rings. The maximum Gasteiger partial charge on any atom is 0.231 e. The summed E-state index contributed by atoms with van der Waals surface area (Å²) in [4.78, 5) is 1.39. The maximum atomic E-state index is 5.74. The molecule has 0 radical (unpaired) electrons. The van der Waals surface area contributed by atoms with Crippen molar-refractivity contribution in [1.82, 2.24) is 20.2 Å². The molecular formula is C12H15N5O3. The van der Waals surface area contributed by atoms with E-state index in [1.165, 1.54) is 4.80 Å². The summed E-state index contributed by atoms with van der Waals surface area (Å²) in [6.07, 6.45) is 0.694. The van der Waals surface area contributed by atoms with Crippen LogP contribution in [0.5, 0.6) is 17.2 Å². The summed E-state index contributed by atoms with van der Waals surface area (Å²) in [5.74, 6) is 2.61. The van der Waals surface area contributed by atoms with Crippen molar-refractivity contribution < 1.29 is 14.2 Å². The molecule has 0 amide bonds. The fraction of sp³-hybridized carbons (Fsp3) is 0.417. The van der Waals surface area contributed by atoms with E-state index in [0.717, 1.165) is 11.3 Å². The minimum absolute atomic E-state index is 0.229. The van der Waals surface area contributed by atoms with Crippen molar-refractivity contribution in [3.63, 3.8) is 0 Å². The molecule has 0 spiro atoms. The van der Waals surface area contributed by atoms with Crippen molar-refractivity contribution in [1.29, 1.82) is 0 Å². The van der Waals surface area contributed by atoms with Gasteiger partial charge in [-0.05, 0) is 29.8 Å². The molecule has 0 fully saturated rings. The van der Waals surface area contributed by atoms with Crippen LogP contribution in [0.4, 0.5) is 0 Å². The molecule has 1 aromatic heterocycles. The molecule has 1 aliphatic rings. The summed E-state index contributed by atoms with van der Waals surface area (Å²) >= 11 is 0. The van der Waals surface area contributed by atoms with Gasteiger partial charge in [0.15, 0.2) is 18.1 Å². The highest BCUT2D eigenvalue weighted by atomic mass is 16.7. The number of fused-ring (bicyclic) bond motifs is 1. The average Bonchev–Trinajstić information content (AvgIpc) is 3.04. The van der Waals surface area contributed by atoms with Gasteiger partial charge < -0.3 is 19.9 Å². The summed E-state index contributed by atoms with van der Waals surface area (Å²) in [6, 6.07) is 3.71. The first kappa shape index (κ1) is 12.7. The third-order valence-corrected chi connectivity index (χ3v) is 2.88. The zero-order valence-corrected chi connectivity index (χ0v) is 11.1. The Labute approximate surface area is 115 Å².